The molecular weight excluding hydrogens is 597 g/mol. The van der Waals surface area contributed by atoms with Crippen molar-refractivity contribution >= 4 is 50.9 Å². The summed E-state index contributed by atoms with van der Waals surface area (Å²) in [5.74, 6) is 3.70. The molecule has 0 fully saturated rings. The Kier molecular flexibility index (Phi) is 5.85. The number of para-hydroxylation sites is 3. The molecule has 0 bridgehead atoms. The van der Waals surface area contributed by atoms with Gasteiger partial charge >= 0.3 is 0 Å². The van der Waals surface area contributed by atoms with Crippen LogP contribution in [0.5, 0.6) is 23.0 Å². The highest BCUT2D eigenvalue weighted by atomic mass is 16.5. The molecule has 3 aliphatic rings. The van der Waals surface area contributed by atoms with Gasteiger partial charge in [-0.05, 0) is 112 Å². The third kappa shape index (κ3) is 3.92. The first-order chi connectivity index (χ1) is 23.9. The number of ether oxygens (including phenoxy) is 2. The zero-order valence-electron chi connectivity index (χ0n) is 28.0. The number of hydrogen-bond donors (Lipinski definition) is 0. The SMILES string of the molecule is Cc1cc(C)c2c3c1Oc1ccccc1B3c1cc3c(cc1O2)-c1c(cc(N(c2ccccc2)c2ccccc2)c2ccccc12)C3(C)C. The van der Waals surface area contributed by atoms with Gasteiger partial charge in [-0.2, -0.15) is 0 Å². The van der Waals surface area contributed by atoms with Crippen molar-refractivity contribution in [3.8, 4) is 34.1 Å². The van der Waals surface area contributed by atoms with Crippen molar-refractivity contribution in [1.82, 2.24) is 0 Å². The van der Waals surface area contributed by atoms with E-state index in [0.29, 0.717) is 0 Å². The van der Waals surface area contributed by atoms with Crippen molar-refractivity contribution in [2.24, 2.45) is 0 Å². The van der Waals surface area contributed by atoms with Crippen LogP contribution in [0.2, 0.25) is 0 Å². The largest absolute Gasteiger partial charge is 0.458 e. The number of benzene rings is 7. The zero-order chi connectivity index (χ0) is 33.0. The van der Waals surface area contributed by atoms with Crippen molar-refractivity contribution in [2.45, 2.75) is 33.1 Å². The molecule has 0 aromatic heterocycles. The molecule has 0 saturated carbocycles. The van der Waals surface area contributed by atoms with Crippen LogP contribution in [-0.4, -0.2) is 6.71 Å². The molecule has 7 aromatic rings. The molecule has 0 saturated heterocycles. The molecule has 0 unspecified atom stereocenters. The second kappa shape index (κ2) is 10.1. The van der Waals surface area contributed by atoms with Gasteiger partial charge in [0.15, 0.2) is 0 Å². The lowest BCUT2D eigenvalue weighted by molar-refractivity contribution is 0.459. The summed E-state index contributed by atoms with van der Waals surface area (Å²) in [5, 5.41) is 2.47. The van der Waals surface area contributed by atoms with Gasteiger partial charge in [-0.25, -0.2) is 0 Å². The molecule has 4 heteroatoms. The predicted molar refractivity (Wildman–Crippen MR) is 203 cm³/mol. The standard InChI is InChI=1S/C45H34BNO2/c1-27-23-28(2)44-42-43(27)48-39-22-14-13-21-36(39)46(42)37-25-34-33(24-40(37)49-44)41-32-20-12-11-19-31(32)38(26-35(41)45(34,3)4)47(29-15-7-5-8-16-29)30-17-9-6-10-18-30/h5-26H,1-4H3. The summed E-state index contributed by atoms with van der Waals surface area (Å²) in [6.07, 6.45) is 0. The van der Waals surface area contributed by atoms with E-state index in [0.717, 1.165) is 51.0 Å². The Morgan fingerprint density at radius 2 is 1.14 bits per heavy atom. The van der Waals surface area contributed by atoms with E-state index < -0.39 is 0 Å². The predicted octanol–water partition coefficient (Wildman–Crippen LogP) is 9.96. The minimum atomic E-state index is -0.256. The van der Waals surface area contributed by atoms with E-state index in [1.165, 1.54) is 49.6 Å². The van der Waals surface area contributed by atoms with Crippen LogP contribution in [0.3, 0.4) is 0 Å². The molecule has 49 heavy (non-hydrogen) atoms. The van der Waals surface area contributed by atoms with Crippen molar-refractivity contribution in [1.29, 1.82) is 0 Å². The number of hydrogen-bond acceptors (Lipinski definition) is 3. The quantitative estimate of drug-likeness (QED) is 0.181. The van der Waals surface area contributed by atoms with Gasteiger partial charge in [-0.1, -0.05) is 98.8 Å². The first-order valence-corrected chi connectivity index (χ1v) is 17.1. The fourth-order valence-electron chi connectivity index (χ4n) is 8.71. The molecule has 3 nitrogen and oxygen atoms in total. The number of aryl methyl sites for hydroxylation is 2. The van der Waals surface area contributed by atoms with Crippen LogP contribution in [0.15, 0.2) is 133 Å². The molecule has 2 heterocycles. The van der Waals surface area contributed by atoms with E-state index in [4.69, 9.17) is 9.47 Å². The van der Waals surface area contributed by atoms with E-state index >= 15 is 0 Å². The number of fused-ring (bicyclic) bond motifs is 9. The third-order valence-corrected chi connectivity index (χ3v) is 11.0. The maximum atomic E-state index is 6.93. The molecule has 1 aliphatic carbocycles. The van der Waals surface area contributed by atoms with Crippen LogP contribution in [0.1, 0.15) is 36.1 Å². The van der Waals surface area contributed by atoms with E-state index in [-0.39, 0.29) is 12.1 Å². The molecule has 10 rings (SSSR count). The van der Waals surface area contributed by atoms with Gasteiger partial charge < -0.3 is 14.4 Å². The number of rotatable bonds is 3. The van der Waals surface area contributed by atoms with Crippen LogP contribution in [0, 0.1) is 13.8 Å². The summed E-state index contributed by atoms with van der Waals surface area (Å²) >= 11 is 0. The topological polar surface area (TPSA) is 21.7 Å². The molecule has 0 atom stereocenters. The van der Waals surface area contributed by atoms with Gasteiger partial charge in [0.2, 0.25) is 0 Å². The molecule has 0 spiro atoms. The van der Waals surface area contributed by atoms with Crippen LogP contribution in [0.4, 0.5) is 17.1 Å². The summed E-state index contributed by atoms with van der Waals surface area (Å²) in [6, 6.07) is 48.2. The summed E-state index contributed by atoms with van der Waals surface area (Å²) < 4.78 is 13.5. The van der Waals surface area contributed by atoms with Crippen LogP contribution in [-0.2, 0) is 5.41 Å². The Morgan fingerprint density at radius 1 is 0.551 bits per heavy atom. The molecule has 234 valence electrons. The fraction of sp³-hybridized carbons (Fsp3) is 0.111. The van der Waals surface area contributed by atoms with E-state index in [1.807, 2.05) is 0 Å². The first-order valence-electron chi connectivity index (χ1n) is 17.1. The summed E-state index contributed by atoms with van der Waals surface area (Å²) in [4.78, 5) is 2.40. The molecule has 0 radical (unpaired) electrons. The first kappa shape index (κ1) is 28.3. The molecular formula is C45H34BNO2. The van der Waals surface area contributed by atoms with E-state index in [9.17, 15) is 0 Å². The van der Waals surface area contributed by atoms with Gasteiger partial charge in [0.05, 0.1) is 5.69 Å². The Hall–Kier alpha value is -5.74. The normalized spacial score (nSPS) is 14.2. The lowest BCUT2D eigenvalue weighted by Gasteiger charge is -2.35. The van der Waals surface area contributed by atoms with Gasteiger partial charge in [0, 0.05) is 27.6 Å². The maximum Gasteiger partial charge on any atom is 0.260 e. The number of nitrogens with zero attached hydrogens (tertiary/aromatic N) is 1. The monoisotopic (exact) mass is 631 g/mol. The highest BCUT2D eigenvalue weighted by molar-refractivity contribution is 6.98. The average Bonchev–Trinajstić information content (AvgIpc) is 3.35. The molecule has 0 amide bonds. The van der Waals surface area contributed by atoms with Crippen molar-refractivity contribution in [2.75, 3.05) is 4.90 Å². The van der Waals surface area contributed by atoms with Crippen molar-refractivity contribution in [3.63, 3.8) is 0 Å². The summed E-state index contributed by atoms with van der Waals surface area (Å²) in [7, 11) is 0. The van der Waals surface area contributed by atoms with E-state index in [1.54, 1.807) is 0 Å². The Labute approximate surface area is 287 Å². The number of anilines is 3. The minimum Gasteiger partial charge on any atom is -0.458 e. The average molecular weight is 632 g/mol. The molecule has 2 aliphatic heterocycles. The zero-order valence-corrected chi connectivity index (χ0v) is 28.0. The Bertz CT molecular complexity index is 2460. The lowest BCUT2D eigenvalue weighted by Crippen LogP contribution is -2.58. The van der Waals surface area contributed by atoms with Crippen LogP contribution >= 0.6 is 0 Å². The maximum absolute atomic E-state index is 6.93. The van der Waals surface area contributed by atoms with Gasteiger partial charge in [0.25, 0.3) is 6.71 Å². The third-order valence-electron chi connectivity index (χ3n) is 11.0. The second-order valence-electron chi connectivity index (χ2n) is 14.2. The molecule has 0 N–H and O–H groups in total. The van der Waals surface area contributed by atoms with Crippen molar-refractivity contribution < 1.29 is 9.47 Å². The van der Waals surface area contributed by atoms with Gasteiger partial charge in [0.1, 0.15) is 23.0 Å². The van der Waals surface area contributed by atoms with Crippen LogP contribution in [0.25, 0.3) is 21.9 Å². The lowest BCUT2D eigenvalue weighted by atomic mass is 9.34. The Balaban J connectivity index is 1.24. The fourth-order valence-corrected chi connectivity index (χ4v) is 8.71. The Morgan fingerprint density at radius 3 is 1.84 bits per heavy atom. The highest BCUT2D eigenvalue weighted by Gasteiger charge is 2.45. The van der Waals surface area contributed by atoms with Gasteiger partial charge in [-0.3, -0.25) is 0 Å². The highest BCUT2D eigenvalue weighted by Crippen LogP contribution is 2.55. The van der Waals surface area contributed by atoms with Crippen molar-refractivity contribution in [3.05, 3.63) is 156 Å². The molecule has 7 aromatic carbocycles. The second-order valence-corrected chi connectivity index (χ2v) is 14.2. The van der Waals surface area contributed by atoms with E-state index in [2.05, 4.69) is 166 Å². The van der Waals surface area contributed by atoms with Crippen LogP contribution < -0.4 is 30.8 Å². The van der Waals surface area contributed by atoms with Gasteiger partial charge in [-0.15, -0.1) is 0 Å². The minimum absolute atomic E-state index is 0.0288. The smallest absolute Gasteiger partial charge is 0.260 e. The summed E-state index contributed by atoms with van der Waals surface area (Å²) in [6.45, 7) is 9.08. The summed E-state index contributed by atoms with van der Waals surface area (Å²) in [5.41, 5.74) is 14.2.